The molecule has 8 nitrogen and oxygen atoms in total. The van der Waals surface area contributed by atoms with Gasteiger partial charge in [0, 0.05) is 25.7 Å². The molecule has 2 aromatic rings. The minimum atomic E-state index is -4.83. The molecule has 1 aliphatic heterocycles. The molecule has 3 rings (SSSR count). The van der Waals surface area contributed by atoms with Crippen LogP contribution >= 0.6 is 0 Å². The minimum absolute atomic E-state index is 0.0275. The fourth-order valence-corrected chi connectivity index (χ4v) is 5.59. The van der Waals surface area contributed by atoms with Crippen LogP contribution in [0.5, 0.6) is 11.5 Å². The van der Waals surface area contributed by atoms with Gasteiger partial charge < -0.3 is 19.1 Å². The number of methoxy groups -OCH3 is 1. The lowest BCUT2D eigenvalue weighted by Gasteiger charge is -2.39. The van der Waals surface area contributed by atoms with E-state index in [1.54, 1.807) is 20.8 Å². The first-order valence-corrected chi connectivity index (χ1v) is 13.1. The fraction of sp³-hybridized carbons (Fsp3) is 0.480. The summed E-state index contributed by atoms with van der Waals surface area (Å²) in [6.45, 7) is 5.66. The van der Waals surface area contributed by atoms with Gasteiger partial charge in [-0.25, -0.2) is 13.2 Å². The number of carbonyl (C=O) groups excluding carboxylic acids is 1. The number of rotatable bonds is 7. The molecule has 0 saturated carbocycles. The largest absolute Gasteiger partial charge is 0.573 e. The summed E-state index contributed by atoms with van der Waals surface area (Å²) in [6, 6.07) is 10.4. The third-order valence-corrected chi connectivity index (χ3v) is 7.53. The maximum atomic E-state index is 13.8. The van der Waals surface area contributed by atoms with Crippen molar-refractivity contribution < 1.29 is 40.6 Å². The first kappa shape index (κ1) is 28.6. The van der Waals surface area contributed by atoms with Crippen LogP contribution in [0.2, 0.25) is 0 Å². The Morgan fingerprint density at radius 3 is 2.16 bits per heavy atom. The number of alkyl halides is 3. The number of amides is 1. The van der Waals surface area contributed by atoms with Crippen LogP contribution in [0.1, 0.15) is 39.2 Å². The summed E-state index contributed by atoms with van der Waals surface area (Å²) >= 11 is 0. The van der Waals surface area contributed by atoms with Crippen LogP contribution in [0.15, 0.2) is 53.4 Å². The number of halogens is 3. The van der Waals surface area contributed by atoms with E-state index < -0.39 is 39.9 Å². The normalized spacial score (nSPS) is 17.0. The van der Waals surface area contributed by atoms with E-state index in [4.69, 9.17) is 9.47 Å². The number of piperidine rings is 1. The van der Waals surface area contributed by atoms with E-state index in [-0.39, 0.29) is 18.0 Å². The highest BCUT2D eigenvalue weighted by atomic mass is 32.2. The third kappa shape index (κ3) is 8.00. The fourth-order valence-electron chi connectivity index (χ4n) is 3.95. The van der Waals surface area contributed by atoms with Crippen LogP contribution in [-0.4, -0.2) is 61.9 Å². The molecule has 0 bridgehead atoms. The zero-order chi connectivity index (χ0) is 27.4. The molecule has 1 aliphatic rings. The smallest absolute Gasteiger partial charge is 0.497 e. The summed E-state index contributed by atoms with van der Waals surface area (Å²) in [5.41, 5.74) is -0.250. The predicted molar refractivity (Wildman–Crippen MR) is 130 cm³/mol. The average Bonchev–Trinajstić information content (AvgIpc) is 2.81. The van der Waals surface area contributed by atoms with Gasteiger partial charge in [0.1, 0.15) is 17.1 Å². The second-order valence-corrected chi connectivity index (χ2v) is 11.5. The van der Waals surface area contributed by atoms with Gasteiger partial charge in [0.25, 0.3) is 0 Å². The molecule has 1 saturated heterocycles. The maximum absolute atomic E-state index is 13.8. The van der Waals surface area contributed by atoms with Crippen molar-refractivity contribution in [3.05, 3.63) is 54.1 Å². The predicted octanol–water partition coefficient (Wildman–Crippen LogP) is 5.18. The average molecular weight is 545 g/mol. The number of carbonyl (C=O) groups is 1. The van der Waals surface area contributed by atoms with Crippen LogP contribution in [-0.2, 0) is 21.3 Å². The minimum Gasteiger partial charge on any atom is -0.497 e. The molecule has 204 valence electrons. The van der Waals surface area contributed by atoms with Gasteiger partial charge >= 0.3 is 12.5 Å². The molecular formula is C25H31F3N2O6S. The summed E-state index contributed by atoms with van der Waals surface area (Å²) in [6.07, 6.45) is -4.33. The number of ether oxygens (including phenoxy) is 3. The Hall–Kier alpha value is -2.99. The zero-order valence-electron chi connectivity index (χ0n) is 21.1. The van der Waals surface area contributed by atoms with E-state index in [1.165, 1.54) is 52.7 Å². The Balaban J connectivity index is 1.91. The topological polar surface area (TPSA) is 85.4 Å². The first-order valence-electron chi connectivity index (χ1n) is 11.7. The van der Waals surface area contributed by atoms with Crippen LogP contribution in [0.25, 0.3) is 0 Å². The number of sulfonamides is 1. The molecule has 1 atom stereocenters. The monoisotopic (exact) mass is 544 g/mol. The van der Waals surface area contributed by atoms with Gasteiger partial charge in [-0.1, -0.05) is 12.1 Å². The summed E-state index contributed by atoms with van der Waals surface area (Å²) in [5.74, 6) is 0.0779. The number of hydrogen-bond donors (Lipinski definition) is 0. The highest BCUT2D eigenvalue weighted by molar-refractivity contribution is 7.89. The molecule has 0 aromatic heterocycles. The molecule has 37 heavy (non-hydrogen) atoms. The number of benzene rings is 2. The Morgan fingerprint density at radius 2 is 1.62 bits per heavy atom. The molecule has 1 amide bonds. The van der Waals surface area contributed by atoms with Gasteiger partial charge in [0.2, 0.25) is 10.0 Å². The van der Waals surface area contributed by atoms with Crippen LogP contribution in [0.3, 0.4) is 0 Å². The van der Waals surface area contributed by atoms with Gasteiger partial charge in [-0.3, -0.25) is 0 Å². The van der Waals surface area contributed by atoms with Crippen molar-refractivity contribution in [3.8, 4) is 11.5 Å². The Kier molecular flexibility index (Phi) is 8.63. The SMILES string of the molecule is COc1ccc(S(=O)(=O)N(Cc2ccc(OC(F)(F)F)cc2)C2CCCN(C(=O)OC(C)(C)C)C2)cc1. The first-order chi connectivity index (χ1) is 17.2. The third-order valence-electron chi connectivity index (χ3n) is 5.62. The van der Waals surface area contributed by atoms with Crippen LogP contribution in [0, 0.1) is 0 Å². The van der Waals surface area contributed by atoms with Crippen molar-refractivity contribution >= 4 is 16.1 Å². The zero-order valence-corrected chi connectivity index (χ0v) is 21.9. The molecule has 12 heteroatoms. The summed E-state index contributed by atoms with van der Waals surface area (Å²) in [7, 11) is -2.59. The quantitative estimate of drug-likeness (QED) is 0.477. The molecule has 0 spiro atoms. The Morgan fingerprint density at radius 1 is 1.03 bits per heavy atom. The van der Waals surface area contributed by atoms with Crippen LogP contribution < -0.4 is 9.47 Å². The van der Waals surface area contributed by atoms with E-state index in [0.717, 1.165) is 12.1 Å². The van der Waals surface area contributed by atoms with Crippen molar-refractivity contribution in [2.24, 2.45) is 0 Å². The van der Waals surface area contributed by atoms with Gasteiger partial charge in [-0.05, 0) is 75.6 Å². The molecular weight excluding hydrogens is 513 g/mol. The van der Waals surface area contributed by atoms with E-state index in [2.05, 4.69) is 4.74 Å². The van der Waals surface area contributed by atoms with Gasteiger partial charge in [-0.2, -0.15) is 4.31 Å². The standard InChI is InChI=1S/C25H31F3N2O6S/c1-24(2,3)36-23(31)29-15-5-6-19(17-29)30(37(32,33)22-13-11-20(34-4)12-14-22)16-18-7-9-21(10-8-18)35-25(26,27)28/h7-14,19H,5-6,15-17H2,1-4H3. The Bertz CT molecular complexity index is 1160. The number of nitrogens with zero attached hydrogens (tertiary/aromatic N) is 2. The number of hydrogen-bond acceptors (Lipinski definition) is 6. The summed E-state index contributed by atoms with van der Waals surface area (Å²) in [5, 5.41) is 0. The lowest BCUT2D eigenvalue weighted by molar-refractivity contribution is -0.274. The van der Waals surface area contributed by atoms with Crippen molar-refractivity contribution in [2.75, 3.05) is 20.2 Å². The van der Waals surface area contributed by atoms with Gasteiger partial charge in [0.05, 0.1) is 12.0 Å². The van der Waals surface area contributed by atoms with E-state index in [9.17, 15) is 26.4 Å². The highest BCUT2D eigenvalue weighted by Crippen LogP contribution is 2.29. The molecule has 0 N–H and O–H groups in total. The maximum Gasteiger partial charge on any atom is 0.573 e. The van der Waals surface area contributed by atoms with Crippen molar-refractivity contribution in [1.82, 2.24) is 9.21 Å². The van der Waals surface area contributed by atoms with E-state index in [1.807, 2.05) is 0 Å². The van der Waals surface area contributed by atoms with E-state index >= 15 is 0 Å². The van der Waals surface area contributed by atoms with Crippen molar-refractivity contribution in [1.29, 1.82) is 0 Å². The second kappa shape index (κ2) is 11.2. The Labute approximate surface area is 215 Å². The lowest BCUT2D eigenvalue weighted by Crippen LogP contribution is -2.52. The molecule has 0 aliphatic carbocycles. The number of likely N-dealkylation sites (tertiary alicyclic amines) is 1. The lowest BCUT2D eigenvalue weighted by atomic mass is 10.1. The molecule has 1 heterocycles. The second-order valence-electron chi connectivity index (χ2n) is 9.64. The molecule has 2 aromatic carbocycles. The summed E-state index contributed by atoms with van der Waals surface area (Å²) < 4.78 is 80.9. The van der Waals surface area contributed by atoms with Crippen LogP contribution in [0.4, 0.5) is 18.0 Å². The molecule has 0 radical (unpaired) electrons. The van der Waals surface area contributed by atoms with Crippen molar-refractivity contribution in [3.63, 3.8) is 0 Å². The summed E-state index contributed by atoms with van der Waals surface area (Å²) in [4.78, 5) is 14.2. The van der Waals surface area contributed by atoms with Gasteiger partial charge in [0.15, 0.2) is 0 Å². The van der Waals surface area contributed by atoms with Crippen molar-refractivity contribution in [2.45, 2.75) is 63.1 Å². The van der Waals surface area contributed by atoms with E-state index in [0.29, 0.717) is 30.7 Å². The van der Waals surface area contributed by atoms with Gasteiger partial charge in [-0.15, -0.1) is 13.2 Å². The molecule has 1 fully saturated rings. The molecule has 1 unspecified atom stereocenters. The highest BCUT2D eigenvalue weighted by Gasteiger charge is 2.37.